The topological polar surface area (TPSA) is 42.4 Å². The van der Waals surface area contributed by atoms with Crippen LogP contribution in [0.25, 0.3) is 0 Å². The van der Waals surface area contributed by atoms with Gasteiger partial charge in [-0.2, -0.15) is 0 Å². The fraction of sp³-hybridized carbons (Fsp3) is 0.333. The van der Waals surface area contributed by atoms with E-state index in [1.54, 1.807) is 13.3 Å². The number of nitrogens with zero attached hydrogens (tertiary/aromatic N) is 2. The molecule has 1 aliphatic rings. The highest BCUT2D eigenvalue weighted by Gasteiger charge is 2.30. The molecule has 1 atom stereocenters. The van der Waals surface area contributed by atoms with Gasteiger partial charge in [-0.05, 0) is 30.9 Å². The van der Waals surface area contributed by atoms with E-state index in [0.717, 1.165) is 24.9 Å². The molecule has 3 rings (SSSR count). The quantitative estimate of drug-likeness (QED) is 0.815. The summed E-state index contributed by atoms with van der Waals surface area (Å²) in [5.41, 5.74) is 0.940. The SMILES string of the molecule is COC[C@H]1CCCN1C(=O)c1cnc(C#Cc2ccccc2)s1. The van der Waals surface area contributed by atoms with Crippen molar-refractivity contribution in [2.45, 2.75) is 18.9 Å². The Balaban J connectivity index is 1.72. The Bertz CT molecular complexity index is 730. The molecule has 1 aliphatic heterocycles. The van der Waals surface area contributed by atoms with E-state index in [-0.39, 0.29) is 11.9 Å². The highest BCUT2D eigenvalue weighted by molar-refractivity contribution is 7.14. The Kier molecular flexibility index (Phi) is 5.06. The van der Waals surface area contributed by atoms with E-state index in [9.17, 15) is 4.79 Å². The zero-order valence-corrected chi connectivity index (χ0v) is 13.8. The van der Waals surface area contributed by atoms with Crippen LogP contribution in [0.4, 0.5) is 0 Å². The van der Waals surface area contributed by atoms with Crippen molar-refractivity contribution in [3.05, 3.63) is 52.0 Å². The molecule has 2 aromatic rings. The lowest BCUT2D eigenvalue weighted by Gasteiger charge is -2.23. The summed E-state index contributed by atoms with van der Waals surface area (Å²) in [6, 6.07) is 9.93. The molecule has 1 aromatic carbocycles. The summed E-state index contributed by atoms with van der Waals surface area (Å²) in [7, 11) is 1.67. The fourth-order valence-corrected chi connectivity index (χ4v) is 3.41. The molecule has 1 saturated heterocycles. The van der Waals surface area contributed by atoms with Crippen molar-refractivity contribution in [3.8, 4) is 11.8 Å². The summed E-state index contributed by atoms with van der Waals surface area (Å²) >= 11 is 1.35. The van der Waals surface area contributed by atoms with Gasteiger partial charge in [-0.15, -0.1) is 11.3 Å². The average Bonchev–Trinajstić information content (AvgIpc) is 3.23. The zero-order valence-electron chi connectivity index (χ0n) is 13.0. The van der Waals surface area contributed by atoms with E-state index >= 15 is 0 Å². The molecule has 1 fully saturated rings. The first-order chi connectivity index (χ1) is 11.3. The number of carbonyl (C=O) groups is 1. The number of rotatable bonds is 3. The number of hydrogen-bond donors (Lipinski definition) is 0. The van der Waals surface area contributed by atoms with Crippen LogP contribution in [0.15, 0.2) is 36.5 Å². The molecule has 4 nitrogen and oxygen atoms in total. The van der Waals surface area contributed by atoms with Crippen LogP contribution < -0.4 is 0 Å². The normalized spacial score (nSPS) is 16.9. The molecule has 5 heteroatoms. The van der Waals surface area contributed by atoms with Crippen molar-refractivity contribution >= 4 is 17.2 Å². The standard InChI is InChI=1S/C18H18N2O2S/c1-22-13-15-8-5-11-20(15)18(21)16-12-19-17(23-16)10-9-14-6-3-2-4-7-14/h2-4,6-7,12,15H,5,8,11,13H2,1H3/t15-/m1/s1. The molecular weight excluding hydrogens is 308 g/mol. The number of methoxy groups -OCH3 is 1. The minimum absolute atomic E-state index is 0.0369. The third-order valence-electron chi connectivity index (χ3n) is 3.80. The molecule has 0 aliphatic carbocycles. The van der Waals surface area contributed by atoms with Crippen LogP contribution in [0.2, 0.25) is 0 Å². The third-order valence-corrected chi connectivity index (χ3v) is 4.70. The van der Waals surface area contributed by atoms with Gasteiger partial charge < -0.3 is 9.64 Å². The number of amides is 1. The summed E-state index contributed by atoms with van der Waals surface area (Å²) < 4.78 is 5.21. The monoisotopic (exact) mass is 326 g/mol. The van der Waals surface area contributed by atoms with Crippen LogP contribution in [0.5, 0.6) is 0 Å². The van der Waals surface area contributed by atoms with Gasteiger partial charge in [0.25, 0.3) is 5.91 Å². The van der Waals surface area contributed by atoms with E-state index in [2.05, 4.69) is 16.8 Å². The summed E-state index contributed by atoms with van der Waals surface area (Å²) in [5.74, 6) is 6.13. The van der Waals surface area contributed by atoms with E-state index in [1.165, 1.54) is 11.3 Å². The summed E-state index contributed by atoms with van der Waals surface area (Å²) in [6.07, 6.45) is 3.66. The first kappa shape index (κ1) is 15.7. The van der Waals surface area contributed by atoms with Crippen molar-refractivity contribution < 1.29 is 9.53 Å². The minimum atomic E-state index is 0.0369. The lowest BCUT2D eigenvalue weighted by atomic mass is 10.2. The highest BCUT2D eigenvalue weighted by Crippen LogP contribution is 2.23. The Hall–Kier alpha value is -2.16. The third kappa shape index (κ3) is 3.79. The maximum absolute atomic E-state index is 12.6. The lowest BCUT2D eigenvalue weighted by molar-refractivity contribution is 0.0635. The van der Waals surface area contributed by atoms with Crippen LogP contribution in [-0.4, -0.2) is 42.1 Å². The second-order valence-electron chi connectivity index (χ2n) is 5.40. The van der Waals surface area contributed by atoms with Crippen LogP contribution >= 0.6 is 11.3 Å². The summed E-state index contributed by atoms with van der Waals surface area (Å²) in [4.78, 5) is 19.4. The first-order valence-corrected chi connectivity index (χ1v) is 8.42. The summed E-state index contributed by atoms with van der Waals surface area (Å²) in [5, 5.41) is 0.666. The predicted octanol–water partition coefficient (Wildman–Crippen LogP) is 2.79. The van der Waals surface area contributed by atoms with Gasteiger partial charge in [0.1, 0.15) is 4.88 Å². The molecule has 2 heterocycles. The van der Waals surface area contributed by atoms with E-state index < -0.39 is 0 Å². The molecule has 23 heavy (non-hydrogen) atoms. The Morgan fingerprint density at radius 3 is 3.00 bits per heavy atom. The molecule has 0 bridgehead atoms. The molecule has 0 unspecified atom stereocenters. The van der Waals surface area contributed by atoms with Gasteiger partial charge in [0.05, 0.1) is 18.8 Å². The summed E-state index contributed by atoms with van der Waals surface area (Å²) in [6.45, 7) is 1.38. The highest BCUT2D eigenvalue weighted by atomic mass is 32.1. The molecule has 1 amide bonds. The molecular formula is C18H18N2O2S. The van der Waals surface area contributed by atoms with Crippen molar-refractivity contribution in [1.82, 2.24) is 9.88 Å². The molecule has 0 spiro atoms. The number of ether oxygens (including phenoxy) is 1. The van der Waals surface area contributed by atoms with Crippen molar-refractivity contribution in [2.24, 2.45) is 0 Å². The molecule has 118 valence electrons. The second-order valence-corrected chi connectivity index (χ2v) is 6.43. The smallest absolute Gasteiger partial charge is 0.265 e. The van der Waals surface area contributed by atoms with Crippen molar-refractivity contribution in [1.29, 1.82) is 0 Å². The minimum Gasteiger partial charge on any atom is -0.383 e. The van der Waals surface area contributed by atoms with Crippen molar-refractivity contribution in [3.63, 3.8) is 0 Å². The lowest BCUT2D eigenvalue weighted by Crippen LogP contribution is -2.37. The van der Waals surface area contributed by atoms with Crippen LogP contribution in [-0.2, 0) is 4.74 Å². The van der Waals surface area contributed by atoms with E-state index in [4.69, 9.17) is 4.74 Å². The number of thiazole rings is 1. The number of benzene rings is 1. The van der Waals surface area contributed by atoms with Gasteiger partial charge in [-0.3, -0.25) is 4.79 Å². The maximum Gasteiger partial charge on any atom is 0.265 e. The van der Waals surface area contributed by atoms with Gasteiger partial charge in [-0.1, -0.05) is 24.1 Å². The van der Waals surface area contributed by atoms with E-state index in [1.807, 2.05) is 35.2 Å². The Morgan fingerprint density at radius 2 is 2.22 bits per heavy atom. The Labute approximate surface area is 140 Å². The molecule has 0 radical (unpaired) electrons. The van der Waals surface area contributed by atoms with Gasteiger partial charge in [0, 0.05) is 19.2 Å². The fourth-order valence-electron chi connectivity index (χ4n) is 2.69. The van der Waals surface area contributed by atoms with Gasteiger partial charge >= 0.3 is 0 Å². The average molecular weight is 326 g/mol. The maximum atomic E-state index is 12.6. The number of likely N-dealkylation sites (tertiary alicyclic amines) is 1. The molecule has 1 aromatic heterocycles. The number of carbonyl (C=O) groups excluding carboxylic acids is 1. The molecule has 0 N–H and O–H groups in total. The van der Waals surface area contributed by atoms with Gasteiger partial charge in [-0.25, -0.2) is 4.98 Å². The Morgan fingerprint density at radius 1 is 1.39 bits per heavy atom. The van der Waals surface area contributed by atoms with Crippen LogP contribution in [0.1, 0.15) is 33.1 Å². The number of hydrogen-bond acceptors (Lipinski definition) is 4. The number of aromatic nitrogens is 1. The van der Waals surface area contributed by atoms with Crippen molar-refractivity contribution in [2.75, 3.05) is 20.3 Å². The van der Waals surface area contributed by atoms with Crippen LogP contribution in [0, 0.1) is 11.8 Å². The van der Waals surface area contributed by atoms with Crippen LogP contribution in [0.3, 0.4) is 0 Å². The molecule has 0 saturated carbocycles. The zero-order chi connectivity index (χ0) is 16.1. The van der Waals surface area contributed by atoms with Gasteiger partial charge in [0.2, 0.25) is 0 Å². The largest absolute Gasteiger partial charge is 0.383 e. The van der Waals surface area contributed by atoms with Gasteiger partial charge in [0.15, 0.2) is 5.01 Å². The van der Waals surface area contributed by atoms with E-state index in [0.29, 0.717) is 16.5 Å². The predicted molar refractivity (Wildman–Crippen MR) is 90.5 cm³/mol. The first-order valence-electron chi connectivity index (χ1n) is 7.60. The second kappa shape index (κ2) is 7.40.